The van der Waals surface area contributed by atoms with Crippen LogP contribution in [0.2, 0.25) is 0 Å². The van der Waals surface area contributed by atoms with Gasteiger partial charge in [0.2, 0.25) is 0 Å². The number of fused-ring (bicyclic) bond motifs is 1. The number of nitrogens with zero attached hydrogens (tertiary/aromatic N) is 4. The van der Waals surface area contributed by atoms with E-state index in [2.05, 4.69) is 15.4 Å². The van der Waals surface area contributed by atoms with Crippen molar-refractivity contribution in [3.05, 3.63) is 54.2 Å². The first-order valence-electron chi connectivity index (χ1n) is 7.21. The van der Waals surface area contributed by atoms with Gasteiger partial charge in [0.05, 0.1) is 12.2 Å². The van der Waals surface area contributed by atoms with Crippen LogP contribution in [0.1, 0.15) is 24.4 Å². The van der Waals surface area contributed by atoms with Gasteiger partial charge in [-0.05, 0) is 25.1 Å². The molecule has 0 fully saturated rings. The molecule has 3 aromatic rings. The van der Waals surface area contributed by atoms with Crippen LogP contribution in [0, 0.1) is 0 Å². The summed E-state index contributed by atoms with van der Waals surface area (Å²) >= 11 is 0. The number of halogens is 3. The predicted molar refractivity (Wildman–Crippen MR) is 78.8 cm³/mol. The van der Waals surface area contributed by atoms with Crippen LogP contribution in [0.5, 0.6) is 0 Å². The van der Waals surface area contributed by atoms with E-state index in [4.69, 9.17) is 0 Å². The number of hydrogen-bond acceptors (Lipinski definition) is 3. The first-order valence-corrected chi connectivity index (χ1v) is 7.21. The van der Waals surface area contributed by atoms with Gasteiger partial charge in [0.15, 0.2) is 5.69 Å². The molecule has 0 aliphatic heterocycles. The van der Waals surface area contributed by atoms with Crippen molar-refractivity contribution >= 4 is 5.65 Å². The van der Waals surface area contributed by atoms with E-state index in [-0.39, 0.29) is 6.04 Å². The number of alkyl halides is 3. The average molecular weight is 323 g/mol. The van der Waals surface area contributed by atoms with Gasteiger partial charge >= 0.3 is 6.18 Å². The molecule has 3 heterocycles. The second kappa shape index (κ2) is 6.04. The highest BCUT2D eigenvalue weighted by atomic mass is 19.4. The average Bonchev–Trinajstić information content (AvgIpc) is 3.13. The molecule has 0 bridgehead atoms. The van der Waals surface area contributed by atoms with Crippen molar-refractivity contribution in [2.75, 3.05) is 6.54 Å². The van der Waals surface area contributed by atoms with Gasteiger partial charge in [-0.15, -0.1) is 0 Å². The third-order valence-corrected chi connectivity index (χ3v) is 3.55. The van der Waals surface area contributed by atoms with Gasteiger partial charge in [-0.2, -0.15) is 18.3 Å². The molecule has 0 spiro atoms. The lowest BCUT2D eigenvalue weighted by molar-refractivity contribution is -0.141. The molecule has 0 aliphatic rings. The number of nitrogens with one attached hydrogen (secondary N) is 1. The summed E-state index contributed by atoms with van der Waals surface area (Å²) in [6.07, 6.45) is 0.784. The van der Waals surface area contributed by atoms with Crippen molar-refractivity contribution in [1.82, 2.24) is 24.5 Å². The largest absolute Gasteiger partial charge is 0.435 e. The quantitative estimate of drug-likeness (QED) is 0.785. The number of hydrogen-bond donors (Lipinski definition) is 1. The normalized spacial score (nSPS) is 13.6. The smallest absolute Gasteiger partial charge is 0.307 e. The van der Waals surface area contributed by atoms with Gasteiger partial charge in [-0.3, -0.25) is 4.68 Å². The fourth-order valence-corrected chi connectivity index (χ4v) is 2.30. The van der Waals surface area contributed by atoms with Crippen molar-refractivity contribution in [2.24, 2.45) is 0 Å². The molecular formula is C15H16F3N5. The third kappa shape index (κ3) is 3.53. The molecule has 0 aromatic carbocycles. The zero-order chi connectivity index (χ0) is 16.4. The maximum absolute atomic E-state index is 12.5. The van der Waals surface area contributed by atoms with Crippen molar-refractivity contribution < 1.29 is 13.2 Å². The zero-order valence-corrected chi connectivity index (χ0v) is 12.5. The minimum absolute atomic E-state index is 0.00690. The fraction of sp³-hybridized carbons (Fsp3) is 0.333. The standard InChI is InChI=1S/C15H16F3N5/c1-11(12-10-22-7-3-2-4-14(22)20-12)19-6-9-23-8-5-13(21-23)15(16,17)18/h2-5,7-8,10-11,19H,6,9H2,1H3. The lowest BCUT2D eigenvalue weighted by Gasteiger charge is -2.11. The highest BCUT2D eigenvalue weighted by molar-refractivity contribution is 5.39. The summed E-state index contributed by atoms with van der Waals surface area (Å²) in [6.45, 7) is 2.81. The number of imidazole rings is 1. The second-order valence-electron chi connectivity index (χ2n) is 5.27. The minimum Gasteiger partial charge on any atom is -0.307 e. The summed E-state index contributed by atoms with van der Waals surface area (Å²) in [5.74, 6) is 0. The van der Waals surface area contributed by atoms with Crippen LogP contribution in [0.25, 0.3) is 5.65 Å². The van der Waals surface area contributed by atoms with Crippen molar-refractivity contribution in [1.29, 1.82) is 0 Å². The molecule has 1 N–H and O–H groups in total. The Morgan fingerprint density at radius 1 is 1.22 bits per heavy atom. The van der Waals surface area contributed by atoms with E-state index < -0.39 is 11.9 Å². The molecule has 122 valence electrons. The van der Waals surface area contributed by atoms with Crippen LogP contribution in [0.3, 0.4) is 0 Å². The molecule has 8 heteroatoms. The van der Waals surface area contributed by atoms with Gasteiger partial charge in [0.25, 0.3) is 0 Å². The Labute approximate surface area is 130 Å². The predicted octanol–water partition coefficient (Wildman–Crippen LogP) is 2.90. The molecule has 0 saturated carbocycles. The van der Waals surface area contributed by atoms with E-state index in [0.29, 0.717) is 13.1 Å². The first-order chi connectivity index (χ1) is 10.9. The second-order valence-corrected chi connectivity index (χ2v) is 5.27. The van der Waals surface area contributed by atoms with Crippen molar-refractivity contribution in [3.63, 3.8) is 0 Å². The van der Waals surface area contributed by atoms with Gasteiger partial charge in [0.1, 0.15) is 5.65 Å². The van der Waals surface area contributed by atoms with Crippen LogP contribution in [-0.4, -0.2) is 25.7 Å². The molecule has 3 rings (SSSR count). The first kappa shape index (κ1) is 15.5. The third-order valence-electron chi connectivity index (χ3n) is 3.55. The maximum atomic E-state index is 12.5. The number of pyridine rings is 1. The van der Waals surface area contributed by atoms with Gasteiger partial charge in [-0.1, -0.05) is 6.07 Å². The lowest BCUT2D eigenvalue weighted by atomic mass is 10.2. The molecular weight excluding hydrogens is 307 g/mol. The zero-order valence-electron chi connectivity index (χ0n) is 12.5. The van der Waals surface area contributed by atoms with E-state index in [9.17, 15) is 13.2 Å². The molecule has 0 amide bonds. The molecule has 1 unspecified atom stereocenters. The van der Waals surface area contributed by atoms with E-state index in [1.54, 1.807) is 0 Å². The summed E-state index contributed by atoms with van der Waals surface area (Å²) in [5, 5.41) is 6.76. The molecule has 0 aliphatic carbocycles. The number of aromatic nitrogens is 4. The highest BCUT2D eigenvalue weighted by Crippen LogP contribution is 2.27. The summed E-state index contributed by atoms with van der Waals surface area (Å²) in [5.41, 5.74) is 0.872. The lowest BCUT2D eigenvalue weighted by Crippen LogP contribution is -2.24. The Balaban J connectivity index is 1.56. The van der Waals surface area contributed by atoms with Crippen LogP contribution in [0.4, 0.5) is 13.2 Å². The Morgan fingerprint density at radius 2 is 2.04 bits per heavy atom. The molecule has 0 saturated heterocycles. The van der Waals surface area contributed by atoms with Crippen molar-refractivity contribution in [2.45, 2.75) is 25.7 Å². The molecule has 23 heavy (non-hydrogen) atoms. The molecule has 0 radical (unpaired) electrons. The van der Waals surface area contributed by atoms with E-state index in [0.717, 1.165) is 17.4 Å². The monoisotopic (exact) mass is 323 g/mol. The Hall–Kier alpha value is -2.35. The van der Waals surface area contributed by atoms with Gasteiger partial charge in [0, 0.05) is 31.2 Å². The molecule has 5 nitrogen and oxygen atoms in total. The van der Waals surface area contributed by atoms with Crippen LogP contribution < -0.4 is 5.32 Å². The number of rotatable bonds is 5. The highest BCUT2D eigenvalue weighted by Gasteiger charge is 2.33. The fourth-order valence-electron chi connectivity index (χ4n) is 2.30. The minimum atomic E-state index is -4.40. The van der Waals surface area contributed by atoms with Crippen molar-refractivity contribution in [3.8, 4) is 0 Å². The van der Waals surface area contributed by atoms with Gasteiger partial charge < -0.3 is 9.72 Å². The Kier molecular flexibility index (Phi) is 4.08. The Morgan fingerprint density at radius 3 is 2.74 bits per heavy atom. The van der Waals surface area contributed by atoms with Crippen LogP contribution in [0.15, 0.2) is 42.9 Å². The summed E-state index contributed by atoms with van der Waals surface area (Å²) < 4.78 is 40.6. The Bertz CT molecular complexity index is 757. The molecule has 3 aromatic heterocycles. The summed E-state index contributed by atoms with van der Waals surface area (Å²) in [6, 6.07) is 6.73. The van der Waals surface area contributed by atoms with Gasteiger partial charge in [-0.25, -0.2) is 4.98 Å². The summed E-state index contributed by atoms with van der Waals surface area (Å²) in [4.78, 5) is 4.50. The topological polar surface area (TPSA) is 47.2 Å². The van der Waals surface area contributed by atoms with E-state index in [1.807, 2.05) is 41.9 Å². The molecule has 1 atom stereocenters. The van der Waals surface area contributed by atoms with Crippen LogP contribution >= 0.6 is 0 Å². The van der Waals surface area contributed by atoms with E-state index >= 15 is 0 Å². The maximum Gasteiger partial charge on any atom is 0.435 e. The summed E-state index contributed by atoms with van der Waals surface area (Å²) in [7, 11) is 0. The van der Waals surface area contributed by atoms with Crippen LogP contribution in [-0.2, 0) is 12.7 Å². The SMILES string of the molecule is CC(NCCn1ccc(C(F)(F)F)n1)c1cn2ccccc2n1. The van der Waals surface area contributed by atoms with E-state index in [1.165, 1.54) is 10.9 Å².